The highest BCUT2D eigenvalue weighted by Crippen LogP contribution is 2.25. The Hall–Kier alpha value is -1.25. The van der Waals surface area contributed by atoms with Gasteiger partial charge in [-0.3, -0.25) is 0 Å². The summed E-state index contributed by atoms with van der Waals surface area (Å²) >= 11 is 9.35. The van der Waals surface area contributed by atoms with Gasteiger partial charge in [-0.05, 0) is 45.3 Å². The molecule has 0 unspecified atom stereocenters. The minimum absolute atomic E-state index is 0.706. The monoisotopic (exact) mass is 321 g/mol. The molecule has 0 aliphatic heterocycles. The lowest BCUT2D eigenvalue weighted by Crippen LogP contribution is -2.03. The van der Waals surface area contributed by atoms with Crippen LogP contribution in [0.15, 0.2) is 59.6 Å². The summed E-state index contributed by atoms with van der Waals surface area (Å²) in [6, 6.07) is 15.9. The van der Waals surface area contributed by atoms with Gasteiger partial charge < -0.3 is 5.32 Å². The van der Waals surface area contributed by atoms with Gasteiger partial charge in [-0.25, -0.2) is 0 Å². The van der Waals surface area contributed by atoms with Crippen LogP contribution in [0.3, 0.4) is 0 Å². The van der Waals surface area contributed by atoms with Crippen molar-refractivity contribution in [2.24, 2.45) is 0 Å². The normalized spacial score (nSPS) is 10.1. The maximum Gasteiger partial charge on any atom is 0.0549 e. The molecule has 3 heteroatoms. The van der Waals surface area contributed by atoms with Gasteiger partial charge in [0.25, 0.3) is 0 Å². The summed E-state index contributed by atoms with van der Waals surface area (Å²) in [6.07, 6.45) is 0. The van der Waals surface area contributed by atoms with Crippen LogP contribution in [0.5, 0.6) is 0 Å². The molecule has 0 bridgehead atoms. The molecular formula is C15H13BrClN. The highest BCUT2D eigenvalue weighted by molar-refractivity contribution is 9.10. The van der Waals surface area contributed by atoms with Crippen LogP contribution in [0.2, 0.25) is 5.02 Å². The molecule has 0 saturated heterocycles. The quantitative estimate of drug-likeness (QED) is 0.813. The Labute approximate surface area is 121 Å². The third kappa shape index (κ3) is 3.37. The number of nitrogens with one attached hydrogen (secondary N) is 1. The summed E-state index contributed by atoms with van der Waals surface area (Å²) < 4.78 is 0.888. The molecule has 0 heterocycles. The lowest BCUT2D eigenvalue weighted by Gasteiger charge is -2.10. The van der Waals surface area contributed by atoms with Crippen LogP contribution in [0.25, 0.3) is 5.57 Å². The number of benzene rings is 2. The first-order valence-electron chi connectivity index (χ1n) is 5.59. The first-order chi connectivity index (χ1) is 8.66. The molecule has 18 heavy (non-hydrogen) atoms. The van der Waals surface area contributed by atoms with E-state index >= 15 is 0 Å². The Balaban J connectivity index is 1.99. The van der Waals surface area contributed by atoms with Crippen LogP contribution in [0, 0.1) is 0 Å². The van der Waals surface area contributed by atoms with Gasteiger partial charge in [0.05, 0.1) is 5.02 Å². The molecule has 0 amide bonds. The minimum Gasteiger partial charge on any atom is -0.381 e. The molecule has 2 aromatic carbocycles. The lowest BCUT2D eigenvalue weighted by atomic mass is 10.1. The van der Waals surface area contributed by atoms with E-state index in [1.165, 1.54) is 0 Å². The molecule has 2 rings (SSSR count). The third-order valence-electron chi connectivity index (χ3n) is 2.61. The topological polar surface area (TPSA) is 12.0 Å². The summed E-state index contributed by atoms with van der Waals surface area (Å²) in [6.45, 7) is 4.79. The Morgan fingerprint density at radius 2 is 1.89 bits per heavy atom. The fourth-order valence-electron chi connectivity index (χ4n) is 1.59. The van der Waals surface area contributed by atoms with Crippen LogP contribution in [0.1, 0.15) is 5.56 Å². The number of halogens is 2. The summed E-state index contributed by atoms with van der Waals surface area (Å²) in [7, 11) is 0. The van der Waals surface area contributed by atoms with Gasteiger partial charge in [0, 0.05) is 16.7 Å². The summed E-state index contributed by atoms with van der Waals surface area (Å²) in [5.41, 5.74) is 3.23. The van der Waals surface area contributed by atoms with Crippen molar-refractivity contribution >= 4 is 38.8 Å². The van der Waals surface area contributed by atoms with Gasteiger partial charge in [0.2, 0.25) is 0 Å². The molecule has 1 nitrogen and oxygen atoms in total. The molecule has 0 spiro atoms. The van der Waals surface area contributed by atoms with E-state index in [1.807, 2.05) is 36.4 Å². The first-order valence-corrected chi connectivity index (χ1v) is 6.76. The molecule has 0 atom stereocenters. The SMILES string of the molecule is C=C(CNc1ccc(Cl)c(Br)c1)c1ccccc1. The van der Waals surface area contributed by atoms with Crippen molar-refractivity contribution in [3.8, 4) is 0 Å². The number of anilines is 1. The largest absolute Gasteiger partial charge is 0.381 e. The fourth-order valence-corrected chi connectivity index (χ4v) is 2.09. The van der Waals surface area contributed by atoms with Gasteiger partial charge >= 0.3 is 0 Å². The smallest absolute Gasteiger partial charge is 0.0549 e. The molecule has 92 valence electrons. The van der Waals surface area contributed by atoms with Crippen LogP contribution in [-0.2, 0) is 0 Å². The van der Waals surface area contributed by atoms with Crippen LogP contribution < -0.4 is 5.32 Å². The van der Waals surface area contributed by atoms with Gasteiger partial charge in [-0.2, -0.15) is 0 Å². The molecule has 1 N–H and O–H groups in total. The van der Waals surface area contributed by atoms with E-state index in [0.29, 0.717) is 11.6 Å². The highest BCUT2D eigenvalue weighted by Gasteiger charge is 2.01. The summed E-state index contributed by atoms with van der Waals surface area (Å²) in [5.74, 6) is 0. The molecule has 2 aromatic rings. The first kappa shape index (κ1) is 13.2. The average Bonchev–Trinajstić information content (AvgIpc) is 2.41. The van der Waals surface area contributed by atoms with E-state index in [-0.39, 0.29) is 0 Å². The van der Waals surface area contributed by atoms with Crippen molar-refractivity contribution in [1.82, 2.24) is 0 Å². The molecule has 0 aliphatic rings. The van der Waals surface area contributed by atoms with E-state index in [9.17, 15) is 0 Å². The highest BCUT2D eigenvalue weighted by atomic mass is 79.9. The van der Waals surface area contributed by atoms with Crippen molar-refractivity contribution in [3.05, 3.63) is 70.2 Å². The Morgan fingerprint density at radius 1 is 1.17 bits per heavy atom. The van der Waals surface area contributed by atoms with Crippen molar-refractivity contribution in [3.63, 3.8) is 0 Å². The predicted octanol–water partition coefficient (Wildman–Crippen LogP) is 5.23. The van der Waals surface area contributed by atoms with Gasteiger partial charge in [-0.1, -0.05) is 48.5 Å². The third-order valence-corrected chi connectivity index (χ3v) is 3.82. The van der Waals surface area contributed by atoms with Gasteiger partial charge in [0.1, 0.15) is 0 Å². The van der Waals surface area contributed by atoms with Crippen molar-refractivity contribution in [2.45, 2.75) is 0 Å². The zero-order valence-corrected chi connectivity index (χ0v) is 12.1. The minimum atomic E-state index is 0.706. The zero-order chi connectivity index (χ0) is 13.0. The van der Waals surface area contributed by atoms with E-state index in [1.54, 1.807) is 0 Å². The summed E-state index contributed by atoms with van der Waals surface area (Å²) in [4.78, 5) is 0. The van der Waals surface area contributed by atoms with Crippen LogP contribution >= 0.6 is 27.5 Å². The maximum atomic E-state index is 5.95. The van der Waals surface area contributed by atoms with Crippen LogP contribution in [-0.4, -0.2) is 6.54 Å². The average molecular weight is 323 g/mol. The molecule has 0 saturated carbocycles. The maximum absolute atomic E-state index is 5.95. The molecule has 0 aromatic heterocycles. The van der Waals surface area contributed by atoms with Gasteiger partial charge in [0.15, 0.2) is 0 Å². The molecule has 0 radical (unpaired) electrons. The number of hydrogen-bond acceptors (Lipinski definition) is 1. The second-order valence-electron chi connectivity index (χ2n) is 3.95. The van der Waals surface area contributed by atoms with Gasteiger partial charge in [-0.15, -0.1) is 0 Å². The van der Waals surface area contributed by atoms with Crippen molar-refractivity contribution in [1.29, 1.82) is 0 Å². The molecular weight excluding hydrogens is 310 g/mol. The molecule has 0 aliphatic carbocycles. The standard InChI is InChI=1S/C15H13BrClN/c1-11(12-5-3-2-4-6-12)10-18-13-7-8-15(17)14(16)9-13/h2-9,18H,1,10H2. The Bertz CT molecular complexity index is 552. The fraction of sp³-hybridized carbons (Fsp3) is 0.0667. The Morgan fingerprint density at radius 3 is 2.56 bits per heavy atom. The van der Waals surface area contributed by atoms with E-state index < -0.39 is 0 Å². The van der Waals surface area contributed by atoms with E-state index in [0.717, 1.165) is 21.3 Å². The van der Waals surface area contributed by atoms with Crippen molar-refractivity contribution < 1.29 is 0 Å². The number of hydrogen-bond donors (Lipinski definition) is 1. The van der Waals surface area contributed by atoms with Crippen LogP contribution in [0.4, 0.5) is 5.69 Å². The lowest BCUT2D eigenvalue weighted by molar-refractivity contribution is 1.34. The van der Waals surface area contributed by atoms with E-state index in [4.69, 9.17) is 11.6 Å². The van der Waals surface area contributed by atoms with E-state index in [2.05, 4.69) is 40.0 Å². The number of rotatable bonds is 4. The zero-order valence-electron chi connectivity index (χ0n) is 9.79. The predicted molar refractivity (Wildman–Crippen MR) is 83.1 cm³/mol. The molecule has 0 fully saturated rings. The second kappa shape index (κ2) is 6.07. The summed E-state index contributed by atoms with van der Waals surface area (Å²) in [5, 5.41) is 4.03. The second-order valence-corrected chi connectivity index (χ2v) is 5.21. The Kier molecular flexibility index (Phi) is 4.45. The van der Waals surface area contributed by atoms with Crippen molar-refractivity contribution in [2.75, 3.05) is 11.9 Å².